The molecule has 0 saturated heterocycles. The molecule has 2 N–H and O–H groups in total. The third-order valence-corrected chi connectivity index (χ3v) is 1.93. The summed E-state index contributed by atoms with van der Waals surface area (Å²) < 4.78 is 0. The molecule has 0 radical (unpaired) electrons. The van der Waals surface area contributed by atoms with Crippen molar-refractivity contribution in [2.24, 2.45) is 16.6 Å². The first-order valence-corrected chi connectivity index (χ1v) is 3.72. The van der Waals surface area contributed by atoms with Crippen LogP contribution in [0.4, 0.5) is 0 Å². The van der Waals surface area contributed by atoms with Gasteiger partial charge in [0.25, 0.3) is 0 Å². The number of dihydropyridines is 1. The maximum atomic E-state index is 5.60. The first kappa shape index (κ1) is 6.40. The van der Waals surface area contributed by atoms with E-state index in [1.807, 2.05) is 18.2 Å². The topological polar surface area (TPSA) is 38.4 Å². The molecular formula is C9H10N2. The molecule has 2 rings (SSSR count). The fourth-order valence-corrected chi connectivity index (χ4v) is 1.35. The second kappa shape index (κ2) is 2.38. The fourth-order valence-electron chi connectivity index (χ4n) is 1.35. The zero-order valence-electron chi connectivity index (χ0n) is 6.14. The van der Waals surface area contributed by atoms with Crippen molar-refractivity contribution >= 4 is 6.21 Å². The summed E-state index contributed by atoms with van der Waals surface area (Å²) in [7, 11) is 0. The number of hydrogen-bond donors (Lipinski definition) is 1. The lowest BCUT2D eigenvalue weighted by molar-refractivity contribution is 0.677. The van der Waals surface area contributed by atoms with Gasteiger partial charge in [0.2, 0.25) is 0 Å². The van der Waals surface area contributed by atoms with Crippen LogP contribution in [0.3, 0.4) is 0 Å². The molecule has 0 saturated carbocycles. The molecule has 0 amide bonds. The van der Waals surface area contributed by atoms with E-state index in [9.17, 15) is 0 Å². The Bertz CT molecular complexity index is 271. The Morgan fingerprint density at radius 1 is 1.27 bits per heavy atom. The molecule has 2 aliphatic rings. The lowest BCUT2D eigenvalue weighted by atomic mass is 9.93. The molecule has 2 nitrogen and oxygen atoms in total. The van der Waals surface area contributed by atoms with Crippen LogP contribution in [0, 0.1) is 5.92 Å². The van der Waals surface area contributed by atoms with E-state index in [4.69, 9.17) is 5.73 Å². The van der Waals surface area contributed by atoms with Crippen molar-refractivity contribution in [1.29, 1.82) is 0 Å². The van der Waals surface area contributed by atoms with Gasteiger partial charge in [-0.05, 0) is 0 Å². The first-order valence-electron chi connectivity index (χ1n) is 3.72. The van der Waals surface area contributed by atoms with Gasteiger partial charge >= 0.3 is 0 Å². The Morgan fingerprint density at radius 3 is 3.00 bits per heavy atom. The summed E-state index contributed by atoms with van der Waals surface area (Å²) >= 11 is 0. The third kappa shape index (κ3) is 1.11. The normalized spacial score (nSPS) is 33.3. The summed E-state index contributed by atoms with van der Waals surface area (Å²) in [6, 6.07) is 0.285. The van der Waals surface area contributed by atoms with E-state index in [0.717, 1.165) is 5.70 Å². The molecule has 1 aliphatic heterocycles. The van der Waals surface area contributed by atoms with Gasteiger partial charge in [0.15, 0.2) is 0 Å². The van der Waals surface area contributed by atoms with Crippen molar-refractivity contribution in [3.63, 3.8) is 0 Å². The summed E-state index contributed by atoms with van der Waals surface area (Å²) in [4.78, 5) is 4.28. The molecule has 0 spiro atoms. The van der Waals surface area contributed by atoms with Gasteiger partial charge < -0.3 is 5.73 Å². The highest BCUT2D eigenvalue weighted by Crippen LogP contribution is 2.20. The van der Waals surface area contributed by atoms with Crippen LogP contribution in [-0.2, 0) is 0 Å². The molecule has 0 aromatic heterocycles. The van der Waals surface area contributed by atoms with Gasteiger partial charge in [0, 0.05) is 17.8 Å². The molecule has 11 heavy (non-hydrogen) atoms. The van der Waals surface area contributed by atoms with Crippen LogP contribution in [-0.4, -0.2) is 12.3 Å². The molecule has 2 atom stereocenters. The minimum Gasteiger partial charge on any atom is -0.398 e. The Balaban J connectivity index is 2.29. The second-order valence-corrected chi connectivity index (χ2v) is 2.78. The van der Waals surface area contributed by atoms with E-state index >= 15 is 0 Å². The van der Waals surface area contributed by atoms with Crippen molar-refractivity contribution in [3.05, 3.63) is 36.1 Å². The number of allylic oxidation sites excluding steroid dienone is 3. The summed E-state index contributed by atoms with van der Waals surface area (Å²) in [6.07, 6.45) is 12.0. The predicted octanol–water partition coefficient (Wildman–Crippen LogP) is 1.02. The fraction of sp³-hybridized carbons (Fsp3) is 0.222. The number of nitrogens with two attached hydrogens (primary N) is 1. The Kier molecular flexibility index (Phi) is 1.39. The number of rotatable bonds is 0. The van der Waals surface area contributed by atoms with Gasteiger partial charge in [-0.15, -0.1) is 0 Å². The third-order valence-electron chi connectivity index (χ3n) is 1.93. The van der Waals surface area contributed by atoms with Crippen LogP contribution in [0.25, 0.3) is 0 Å². The Hall–Kier alpha value is -1.31. The van der Waals surface area contributed by atoms with Gasteiger partial charge in [0.1, 0.15) is 0 Å². The van der Waals surface area contributed by atoms with Crippen molar-refractivity contribution in [3.8, 4) is 0 Å². The minimum absolute atomic E-state index is 0.285. The summed E-state index contributed by atoms with van der Waals surface area (Å²) in [5.74, 6) is 0.380. The van der Waals surface area contributed by atoms with Gasteiger partial charge in [-0.1, -0.05) is 30.4 Å². The summed E-state index contributed by atoms with van der Waals surface area (Å²) in [5, 5.41) is 0. The lowest BCUT2D eigenvalue weighted by Crippen LogP contribution is -2.21. The lowest BCUT2D eigenvalue weighted by Gasteiger charge is -2.20. The average Bonchev–Trinajstić information content (AvgIpc) is 2.04. The smallest absolute Gasteiger partial charge is 0.0781 e. The van der Waals surface area contributed by atoms with E-state index in [0.29, 0.717) is 5.92 Å². The largest absolute Gasteiger partial charge is 0.398 e. The van der Waals surface area contributed by atoms with Gasteiger partial charge in [0.05, 0.1) is 6.04 Å². The van der Waals surface area contributed by atoms with Crippen molar-refractivity contribution in [2.75, 3.05) is 0 Å². The van der Waals surface area contributed by atoms with E-state index in [-0.39, 0.29) is 6.04 Å². The van der Waals surface area contributed by atoms with Gasteiger partial charge in [-0.3, -0.25) is 4.99 Å². The maximum absolute atomic E-state index is 5.60. The number of fused-ring (bicyclic) bond motifs is 1. The molecule has 0 bridgehead atoms. The molecule has 1 aliphatic carbocycles. The highest BCUT2D eigenvalue weighted by atomic mass is 14.8. The molecular weight excluding hydrogens is 136 g/mol. The highest BCUT2D eigenvalue weighted by Gasteiger charge is 2.17. The minimum atomic E-state index is 0.285. The van der Waals surface area contributed by atoms with Crippen LogP contribution in [0.2, 0.25) is 0 Å². The van der Waals surface area contributed by atoms with Gasteiger partial charge in [-0.25, -0.2) is 0 Å². The van der Waals surface area contributed by atoms with Crippen molar-refractivity contribution in [2.45, 2.75) is 6.04 Å². The first-order chi connectivity index (χ1) is 5.36. The maximum Gasteiger partial charge on any atom is 0.0781 e. The van der Waals surface area contributed by atoms with Crippen molar-refractivity contribution in [1.82, 2.24) is 0 Å². The van der Waals surface area contributed by atoms with E-state index < -0.39 is 0 Å². The van der Waals surface area contributed by atoms with E-state index in [1.165, 1.54) is 0 Å². The molecule has 0 aromatic rings. The second-order valence-electron chi connectivity index (χ2n) is 2.78. The molecule has 1 heterocycles. The SMILES string of the molecule is NC1=CC2C=CC=CC2N=C1. The van der Waals surface area contributed by atoms with Crippen LogP contribution in [0.15, 0.2) is 41.1 Å². The van der Waals surface area contributed by atoms with Crippen LogP contribution in [0.5, 0.6) is 0 Å². The molecule has 56 valence electrons. The van der Waals surface area contributed by atoms with Crippen LogP contribution in [0.1, 0.15) is 0 Å². The molecule has 2 unspecified atom stereocenters. The zero-order chi connectivity index (χ0) is 7.68. The van der Waals surface area contributed by atoms with Crippen LogP contribution < -0.4 is 5.73 Å². The van der Waals surface area contributed by atoms with E-state index in [1.54, 1.807) is 6.21 Å². The van der Waals surface area contributed by atoms with Gasteiger partial charge in [-0.2, -0.15) is 0 Å². The van der Waals surface area contributed by atoms with Crippen LogP contribution >= 0.6 is 0 Å². The van der Waals surface area contributed by atoms with Crippen molar-refractivity contribution < 1.29 is 0 Å². The van der Waals surface area contributed by atoms with E-state index in [2.05, 4.69) is 17.1 Å². The average molecular weight is 146 g/mol. The molecule has 0 aromatic carbocycles. The molecule has 0 fully saturated rings. The summed E-state index contributed by atoms with van der Waals surface area (Å²) in [6.45, 7) is 0. The molecule has 2 heteroatoms. The number of aliphatic imine (C=N–C) groups is 1. The quantitative estimate of drug-likeness (QED) is 0.544. The Morgan fingerprint density at radius 2 is 2.09 bits per heavy atom. The highest BCUT2D eigenvalue weighted by molar-refractivity contribution is 5.78. The number of nitrogens with zero attached hydrogens (tertiary/aromatic N) is 1. The number of hydrogen-bond acceptors (Lipinski definition) is 2. The zero-order valence-corrected chi connectivity index (χ0v) is 6.14. The summed E-state index contributed by atoms with van der Waals surface area (Å²) in [5.41, 5.74) is 6.37. The standard InChI is InChI=1S/C9H10N2/c10-8-5-7-3-1-2-4-9(7)11-6-8/h1-7,9H,10H2. The monoisotopic (exact) mass is 146 g/mol. The Labute approximate surface area is 65.8 Å². The predicted molar refractivity (Wildman–Crippen MR) is 46.3 cm³/mol.